The van der Waals surface area contributed by atoms with E-state index >= 15 is 0 Å². The molecule has 6 heteroatoms. The molecular weight excluding hydrogens is 186 g/mol. The maximum absolute atomic E-state index is 11.3. The van der Waals surface area contributed by atoms with Gasteiger partial charge in [0.1, 0.15) is 5.69 Å². The third-order valence-electron chi connectivity index (χ3n) is 1.39. The summed E-state index contributed by atoms with van der Waals surface area (Å²) in [5.41, 5.74) is 0.177. The van der Waals surface area contributed by atoms with Crippen molar-refractivity contribution in [2.45, 2.75) is 0 Å². The van der Waals surface area contributed by atoms with E-state index in [1.807, 2.05) is 0 Å². The maximum atomic E-state index is 11.3. The largest absolute Gasteiger partial charge is 0.441 e. The highest BCUT2D eigenvalue weighted by Crippen LogP contribution is 1.93. The monoisotopic (exact) mass is 195 g/mol. The minimum atomic E-state index is -0.651. The fraction of sp³-hybridized carbons (Fsp3) is 0.250. The Hall–Kier alpha value is -1.98. The summed E-state index contributed by atoms with van der Waals surface area (Å²) in [7, 11) is 1.41. The molecule has 1 aromatic rings. The number of ether oxygens (including phenoxy) is 1. The molecule has 1 aromatic heterocycles. The summed E-state index contributed by atoms with van der Waals surface area (Å²) in [4.78, 5) is 29.4. The first-order valence-electron chi connectivity index (χ1n) is 3.87. The summed E-state index contributed by atoms with van der Waals surface area (Å²) in [6.45, 7) is -0.335. The normalized spacial score (nSPS) is 9.21. The molecule has 0 radical (unpaired) electrons. The molecule has 6 nitrogen and oxygen atoms in total. The smallest absolute Gasteiger partial charge is 0.407 e. The highest BCUT2D eigenvalue weighted by atomic mass is 16.5. The fourth-order valence-electron chi connectivity index (χ4n) is 0.720. The van der Waals surface area contributed by atoms with Gasteiger partial charge in [-0.2, -0.15) is 0 Å². The van der Waals surface area contributed by atoms with Crippen molar-refractivity contribution in [2.24, 2.45) is 0 Å². The Kier molecular flexibility index (Phi) is 3.54. The predicted octanol–water partition coefficient (Wildman–Crippen LogP) is 0.0153. The van der Waals surface area contributed by atoms with Crippen molar-refractivity contribution < 1.29 is 14.3 Å². The van der Waals surface area contributed by atoms with E-state index < -0.39 is 6.09 Å². The minimum Gasteiger partial charge on any atom is -0.441 e. The van der Waals surface area contributed by atoms with Crippen LogP contribution in [0, 0.1) is 0 Å². The van der Waals surface area contributed by atoms with Gasteiger partial charge in [-0.25, -0.2) is 9.78 Å². The van der Waals surface area contributed by atoms with E-state index in [1.54, 1.807) is 0 Å². The second-order valence-corrected chi connectivity index (χ2v) is 2.34. The number of alkyl carbamates (subject to hydrolysis) is 1. The number of carbonyl (C=O) groups excluding carboxylic acids is 2. The summed E-state index contributed by atoms with van der Waals surface area (Å²) in [5.74, 6) is -0.387. The van der Waals surface area contributed by atoms with Crippen LogP contribution in [-0.2, 0) is 4.74 Å². The van der Waals surface area contributed by atoms with Crippen molar-refractivity contribution in [1.82, 2.24) is 15.3 Å². The maximum Gasteiger partial charge on any atom is 0.407 e. The average molecular weight is 195 g/mol. The first-order chi connectivity index (χ1) is 6.74. The molecule has 0 bridgehead atoms. The SMILES string of the molecule is CNC(=O)OCC(=O)c1cnccn1. The van der Waals surface area contributed by atoms with E-state index in [1.165, 1.54) is 25.6 Å². The van der Waals surface area contributed by atoms with Gasteiger partial charge in [-0.15, -0.1) is 0 Å². The van der Waals surface area contributed by atoms with Gasteiger partial charge in [0.05, 0.1) is 6.20 Å². The van der Waals surface area contributed by atoms with Gasteiger partial charge in [0.2, 0.25) is 5.78 Å². The number of hydrogen-bond acceptors (Lipinski definition) is 5. The minimum absolute atomic E-state index is 0.177. The Morgan fingerprint density at radius 1 is 1.50 bits per heavy atom. The van der Waals surface area contributed by atoms with Crippen molar-refractivity contribution in [3.63, 3.8) is 0 Å². The zero-order chi connectivity index (χ0) is 10.4. The van der Waals surface area contributed by atoms with Gasteiger partial charge in [0, 0.05) is 19.4 Å². The van der Waals surface area contributed by atoms with Gasteiger partial charge in [-0.05, 0) is 0 Å². The molecule has 0 spiro atoms. The number of amides is 1. The van der Waals surface area contributed by atoms with E-state index in [-0.39, 0.29) is 18.1 Å². The highest BCUT2D eigenvalue weighted by molar-refractivity contribution is 5.95. The van der Waals surface area contributed by atoms with E-state index in [4.69, 9.17) is 0 Å². The number of nitrogens with zero attached hydrogens (tertiary/aromatic N) is 2. The molecule has 0 aliphatic carbocycles. The summed E-state index contributed by atoms with van der Waals surface area (Å²) < 4.78 is 4.54. The van der Waals surface area contributed by atoms with Gasteiger partial charge in [-0.1, -0.05) is 0 Å². The second kappa shape index (κ2) is 4.90. The van der Waals surface area contributed by atoms with E-state index in [0.29, 0.717) is 0 Å². The molecule has 0 atom stereocenters. The Bertz CT molecular complexity index is 326. The summed E-state index contributed by atoms with van der Waals surface area (Å²) in [6, 6.07) is 0. The quantitative estimate of drug-likeness (QED) is 0.687. The van der Waals surface area contributed by atoms with Crippen LogP contribution >= 0.6 is 0 Å². The Labute approximate surface area is 80.3 Å². The van der Waals surface area contributed by atoms with Crippen LogP contribution in [0.1, 0.15) is 10.5 Å². The molecule has 0 fully saturated rings. The van der Waals surface area contributed by atoms with Crippen LogP contribution in [0.5, 0.6) is 0 Å². The van der Waals surface area contributed by atoms with Crippen LogP contribution in [0.3, 0.4) is 0 Å². The molecule has 1 rings (SSSR count). The zero-order valence-electron chi connectivity index (χ0n) is 7.56. The molecule has 1 amide bonds. The molecule has 0 aliphatic heterocycles. The van der Waals surface area contributed by atoms with Gasteiger partial charge in [0.15, 0.2) is 6.61 Å². The van der Waals surface area contributed by atoms with Crippen LogP contribution in [0.15, 0.2) is 18.6 Å². The number of carbonyl (C=O) groups is 2. The number of Topliss-reactive ketones (excluding diaryl/α,β-unsaturated/α-hetero) is 1. The van der Waals surface area contributed by atoms with E-state index in [9.17, 15) is 9.59 Å². The second-order valence-electron chi connectivity index (χ2n) is 2.34. The van der Waals surface area contributed by atoms with Crippen molar-refractivity contribution >= 4 is 11.9 Å². The Morgan fingerprint density at radius 3 is 2.86 bits per heavy atom. The molecule has 0 unspecified atom stereocenters. The number of nitrogens with one attached hydrogen (secondary N) is 1. The van der Waals surface area contributed by atoms with Gasteiger partial charge < -0.3 is 10.1 Å². The number of ketones is 1. The van der Waals surface area contributed by atoms with Crippen LogP contribution in [0.2, 0.25) is 0 Å². The van der Waals surface area contributed by atoms with E-state index in [0.717, 1.165) is 0 Å². The first-order valence-corrected chi connectivity index (χ1v) is 3.87. The lowest BCUT2D eigenvalue weighted by Gasteiger charge is -2.01. The lowest BCUT2D eigenvalue weighted by Crippen LogP contribution is -2.23. The molecule has 1 N–H and O–H groups in total. The van der Waals surface area contributed by atoms with Crippen molar-refractivity contribution in [3.8, 4) is 0 Å². The van der Waals surface area contributed by atoms with Gasteiger partial charge in [0.25, 0.3) is 0 Å². The Morgan fingerprint density at radius 2 is 2.29 bits per heavy atom. The molecule has 0 aromatic carbocycles. The summed E-state index contributed by atoms with van der Waals surface area (Å²) >= 11 is 0. The van der Waals surface area contributed by atoms with Crippen LogP contribution in [-0.4, -0.2) is 35.5 Å². The molecule has 1 heterocycles. The van der Waals surface area contributed by atoms with Crippen molar-refractivity contribution in [1.29, 1.82) is 0 Å². The lowest BCUT2D eigenvalue weighted by atomic mass is 10.3. The molecule has 0 saturated heterocycles. The van der Waals surface area contributed by atoms with Crippen molar-refractivity contribution in [3.05, 3.63) is 24.3 Å². The average Bonchev–Trinajstić information content (AvgIpc) is 2.26. The number of rotatable bonds is 3. The van der Waals surface area contributed by atoms with Gasteiger partial charge in [-0.3, -0.25) is 9.78 Å². The zero-order valence-corrected chi connectivity index (χ0v) is 7.56. The summed E-state index contributed by atoms with van der Waals surface area (Å²) in [6.07, 6.45) is 3.52. The van der Waals surface area contributed by atoms with Crippen LogP contribution < -0.4 is 5.32 Å². The highest BCUT2D eigenvalue weighted by Gasteiger charge is 2.09. The number of aromatic nitrogens is 2. The van der Waals surface area contributed by atoms with Crippen LogP contribution in [0.25, 0.3) is 0 Å². The third-order valence-corrected chi connectivity index (χ3v) is 1.39. The third kappa shape index (κ3) is 2.81. The Balaban J connectivity index is 2.48. The molecule has 74 valence electrons. The topological polar surface area (TPSA) is 81.2 Å². The molecule has 14 heavy (non-hydrogen) atoms. The van der Waals surface area contributed by atoms with Gasteiger partial charge >= 0.3 is 6.09 Å². The molecule has 0 aliphatic rings. The first kappa shape index (κ1) is 10.1. The molecular formula is C8H9N3O3. The van der Waals surface area contributed by atoms with Crippen LogP contribution in [0.4, 0.5) is 4.79 Å². The molecule has 0 saturated carbocycles. The van der Waals surface area contributed by atoms with E-state index in [2.05, 4.69) is 20.0 Å². The number of hydrogen-bond donors (Lipinski definition) is 1. The standard InChI is InChI=1S/C8H9N3O3/c1-9-8(13)14-5-7(12)6-4-10-2-3-11-6/h2-4H,5H2,1H3,(H,9,13). The van der Waals surface area contributed by atoms with Crippen molar-refractivity contribution in [2.75, 3.05) is 13.7 Å². The fourth-order valence-corrected chi connectivity index (χ4v) is 0.720. The summed E-state index contributed by atoms with van der Waals surface area (Å²) in [5, 5.41) is 2.22. The lowest BCUT2D eigenvalue weighted by molar-refractivity contribution is 0.0842. The predicted molar refractivity (Wildman–Crippen MR) is 46.8 cm³/mol.